The van der Waals surface area contributed by atoms with Crippen molar-refractivity contribution < 1.29 is 88.7 Å². The Kier molecular flexibility index (Phi) is 14.6. The Bertz CT molecular complexity index is 4270. The number of fused-ring (bicyclic) bond motifs is 10. The molecule has 1 saturated heterocycles. The van der Waals surface area contributed by atoms with Crippen LogP contribution >= 0.6 is 0 Å². The molecule has 15 rings (SSSR count). The Labute approximate surface area is 505 Å². The highest BCUT2D eigenvalue weighted by molar-refractivity contribution is 7.89. The molecule has 26 heteroatoms. The number of halogens is 2. The minimum atomic E-state index is -3.97. The fraction of sp³-hybridized carbons (Fsp3) is 0.233. The van der Waals surface area contributed by atoms with Crippen LogP contribution in [0.15, 0.2) is 144 Å². The lowest BCUT2D eigenvalue weighted by Crippen LogP contribution is -3.00. The highest BCUT2D eigenvalue weighted by atomic mass is 35.5. The van der Waals surface area contributed by atoms with Crippen molar-refractivity contribution in [1.82, 2.24) is 38.6 Å². The van der Waals surface area contributed by atoms with E-state index in [0.29, 0.717) is 45.8 Å². The Morgan fingerprint density at radius 1 is 0.512 bits per heavy atom. The van der Waals surface area contributed by atoms with E-state index in [1.54, 1.807) is 60.2 Å². The van der Waals surface area contributed by atoms with Crippen LogP contribution in [0.5, 0.6) is 46.0 Å². The van der Waals surface area contributed by atoms with Crippen LogP contribution < -0.4 is 71.8 Å². The fourth-order valence-electron chi connectivity index (χ4n) is 11.7. The molecule has 440 valence electrons. The van der Waals surface area contributed by atoms with Crippen molar-refractivity contribution >= 4 is 41.6 Å². The second kappa shape index (κ2) is 22.3. The summed E-state index contributed by atoms with van der Waals surface area (Å²) in [4.78, 5) is 0.131. The summed E-state index contributed by atoms with van der Waals surface area (Å²) in [6.45, 7) is 2.04. The number of benzene rings is 6. The smallest absolute Gasteiger partial charge is 0.243 e. The summed E-state index contributed by atoms with van der Waals surface area (Å²) in [5.74, 6) is 5.31. The largest absolute Gasteiger partial charge is 1.00 e. The number of pyridine rings is 2. The number of aryl methyl sites for hydroxylation is 4. The molecule has 9 heterocycles. The molecule has 4 aromatic heterocycles. The van der Waals surface area contributed by atoms with Crippen LogP contribution in [0.3, 0.4) is 0 Å². The number of sulfonamides is 2. The molecule has 86 heavy (non-hydrogen) atoms. The highest BCUT2D eigenvalue weighted by Gasteiger charge is 2.35. The molecule has 22 nitrogen and oxygen atoms in total. The average Bonchev–Trinajstić information content (AvgIpc) is 1.89. The van der Waals surface area contributed by atoms with Gasteiger partial charge in [0.15, 0.2) is 59.5 Å². The summed E-state index contributed by atoms with van der Waals surface area (Å²) in [5, 5.41) is 21.0. The molecule has 0 saturated carbocycles. The van der Waals surface area contributed by atoms with Crippen LogP contribution in [0.2, 0.25) is 0 Å². The molecule has 0 aliphatic carbocycles. The van der Waals surface area contributed by atoms with E-state index in [0.717, 1.165) is 93.0 Å². The zero-order valence-electron chi connectivity index (χ0n) is 46.1. The Balaban J connectivity index is 0.00000343. The summed E-state index contributed by atoms with van der Waals surface area (Å²) in [6.07, 6.45) is 9.19. The zero-order chi connectivity index (χ0) is 56.8. The lowest BCUT2D eigenvalue weighted by atomic mass is 9.93. The van der Waals surface area contributed by atoms with Gasteiger partial charge in [-0.3, -0.25) is 0 Å². The van der Waals surface area contributed by atoms with Gasteiger partial charge in [-0.1, -0.05) is 16.5 Å². The molecule has 0 N–H and O–H groups in total. The predicted molar refractivity (Wildman–Crippen MR) is 301 cm³/mol. The number of nitrogens with zero attached hydrogens (tertiary/aromatic N) is 10. The molecule has 0 unspecified atom stereocenters. The van der Waals surface area contributed by atoms with Gasteiger partial charge in [0, 0.05) is 50.5 Å². The van der Waals surface area contributed by atoms with Gasteiger partial charge in [-0.25, -0.2) is 26.2 Å². The molecule has 5 aliphatic heterocycles. The van der Waals surface area contributed by atoms with Gasteiger partial charge in [0.1, 0.15) is 24.6 Å². The summed E-state index contributed by atoms with van der Waals surface area (Å²) >= 11 is 0. The van der Waals surface area contributed by atoms with Gasteiger partial charge in [0.2, 0.25) is 57.0 Å². The molecular weight excluding hydrogens is 1190 g/mol. The number of hydrogen-bond acceptors (Lipinski definition) is 16. The molecule has 0 bridgehead atoms. The molecular formula is C60H52Cl2N10O12S2. The zero-order valence-corrected chi connectivity index (χ0v) is 49.3. The van der Waals surface area contributed by atoms with E-state index in [2.05, 4.69) is 60.2 Å². The van der Waals surface area contributed by atoms with E-state index >= 15 is 0 Å². The fourth-order valence-corrected chi connectivity index (χ4v) is 14.5. The van der Waals surface area contributed by atoms with Gasteiger partial charge in [0.25, 0.3) is 0 Å². The number of hydrogen-bond donors (Lipinski definition) is 0. The Hall–Kier alpha value is -8.78. The standard InChI is InChI=1S/C60H52N10O12S2.2ClH/c1-75-53-13-3-37-23-47-39(15-18-66-32-58-57(28-52(47)66)81-36-82-58)24-49(37)59(53)77-33-41-29-69(63-61-41)43-5-9-45(10-6-43)83(71,72)67-19-21-68(22-20-67)84(73,74)46-11-7-44(8-12-46)70-30-42(62-64-70)34-78-60-50-31-65-17-16-40-26-55-56(80-35-79-55)27-48(40)51(65)25-38(50)4-14-54(60)76-2;;/h3-14,23-32H,15-22,33-36H2,1-2H3;2*1H/q+2;;/p-2. The lowest BCUT2D eigenvalue weighted by molar-refractivity contribution is -0.687. The predicted octanol–water partition coefficient (Wildman–Crippen LogP) is 0.511. The van der Waals surface area contributed by atoms with Crippen LogP contribution in [0.1, 0.15) is 22.5 Å². The maximum Gasteiger partial charge on any atom is 0.243 e. The number of methoxy groups -OCH3 is 2. The second-order valence-corrected chi connectivity index (χ2v) is 24.7. The summed E-state index contributed by atoms with van der Waals surface area (Å²) in [6, 6.07) is 33.0. The van der Waals surface area contributed by atoms with Crippen LogP contribution in [0, 0.1) is 0 Å². The van der Waals surface area contributed by atoms with Gasteiger partial charge < -0.3 is 62.7 Å². The maximum atomic E-state index is 13.9. The van der Waals surface area contributed by atoms with E-state index < -0.39 is 20.0 Å². The monoisotopic (exact) mass is 1240 g/mol. The van der Waals surface area contributed by atoms with Crippen molar-refractivity contribution in [2.45, 2.75) is 48.9 Å². The first kappa shape index (κ1) is 56.4. The van der Waals surface area contributed by atoms with E-state index in [4.69, 9.17) is 37.9 Å². The third-order valence-electron chi connectivity index (χ3n) is 16.1. The number of aromatic nitrogens is 8. The molecule has 0 spiro atoms. The minimum absolute atomic E-state index is 0. The highest BCUT2D eigenvalue weighted by Crippen LogP contribution is 2.44. The SMILES string of the molecule is COc1ccc2cc3c(cc2c1OCc1cn(-c2ccc(S(=O)(=O)N4CCN(S(=O)(=O)c5ccc(-n6cc(COc7c(OC)ccc8cc9[n+](cc78)CCc7cc8c(cc7-9)OCO8)nn6)cc5)CC4)cc2)nn1)CC[n+]1cc2c(cc1-3)OCO2.[Cl-].[Cl-]. The molecule has 0 radical (unpaired) electrons. The van der Waals surface area contributed by atoms with Crippen molar-refractivity contribution in [2.24, 2.45) is 0 Å². The van der Waals surface area contributed by atoms with E-state index in [1.807, 2.05) is 42.6 Å². The number of ether oxygens (including phenoxy) is 8. The van der Waals surface area contributed by atoms with Crippen molar-refractivity contribution in [1.29, 1.82) is 0 Å². The normalized spacial score (nSPS) is 15.0. The van der Waals surface area contributed by atoms with Crippen molar-refractivity contribution in [2.75, 3.05) is 54.0 Å². The van der Waals surface area contributed by atoms with E-state index in [-0.39, 0.29) is 87.6 Å². The molecule has 1 fully saturated rings. The molecule has 5 aliphatic rings. The second-order valence-electron chi connectivity index (χ2n) is 20.8. The number of rotatable bonds is 14. The maximum absolute atomic E-state index is 13.9. The topological polar surface area (TPSA) is 218 Å². The van der Waals surface area contributed by atoms with Gasteiger partial charge in [-0.05, 0) is 113 Å². The number of piperazine rings is 1. The third kappa shape index (κ3) is 9.84. The first-order valence-electron chi connectivity index (χ1n) is 27.2. The minimum Gasteiger partial charge on any atom is -1.00 e. The van der Waals surface area contributed by atoms with E-state index in [9.17, 15) is 16.8 Å². The molecule has 10 aromatic rings. The third-order valence-corrected chi connectivity index (χ3v) is 19.9. The first-order valence-corrected chi connectivity index (χ1v) is 30.1. The average molecular weight is 1240 g/mol. The summed E-state index contributed by atoms with van der Waals surface area (Å²) in [7, 11) is -4.74. The Morgan fingerprint density at radius 3 is 1.53 bits per heavy atom. The Morgan fingerprint density at radius 2 is 0.977 bits per heavy atom. The lowest BCUT2D eigenvalue weighted by Gasteiger charge is -2.33. The molecule has 0 amide bonds. The van der Waals surface area contributed by atoms with Gasteiger partial charge >= 0.3 is 0 Å². The van der Waals surface area contributed by atoms with Gasteiger partial charge in [-0.2, -0.15) is 17.7 Å². The van der Waals surface area contributed by atoms with Crippen LogP contribution in [-0.4, -0.2) is 109 Å². The van der Waals surface area contributed by atoms with Gasteiger partial charge in [0.05, 0.1) is 70.4 Å². The van der Waals surface area contributed by atoms with Crippen molar-refractivity contribution in [3.63, 3.8) is 0 Å². The summed E-state index contributed by atoms with van der Waals surface area (Å²) < 4.78 is 113. The molecule has 0 atom stereocenters. The quantitative estimate of drug-likeness (QED) is 0.136. The first-order chi connectivity index (χ1) is 40.9. The van der Waals surface area contributed by atoms with Gasteiger partial charge in [-0.15, -0.1) is 10.2 Å². The van der Waals surface area contributed by atoms with Crippen LogP contribution in [0.25, 0.3) is 55.4 Å². The van der Waals surface area contributed by atoms with Crippen molar-refractivity contribution in [3.8, 4) is 79.9 Å². The van der Waals surface area contributed by atoms with Crippen LogP contribution in [-0.2, 0) is 59.2 Å². The van der Waals surface area contributed by atoms with Crippen LogP contribution in [0.4, 0.5) is 0 Å². The molecule has 6 aromatic carbocycles. The summed E-state index contributed by atoms with van der Waals surface area (Å²) in [5.41, 5.74) is 8.97. The van der Waals surface area contributed by atoms with E-state index in [1.165, 1.54) is 44.0 Å². The van der Waals surface area contributed by atoms with Crippen molar-refractivity contribution in [3.05, 3.63) is 156 Å².